The van der Waals surface area contributed by atoms with Crippen molar-refractivity contribution in [1.82, 2.24) is 15.1 Å². The van der Waals surface area contributed by atoms with Crippen LogP contribution in [0.1, 0.15) is 54.2 Å². The summed E-state index contributed by atoms with van der Waals surface area (Å²) in [5.41, 5.74) is 2.38. The first-order chi connectivity index (χ1) is 12.6. The van der Waals surface area contributed by atoms with E-state index in [1.54, 1.807) is 12.3 Å². The van der Waals surface area contributed by atoms with Gasteiger partial charge in [0.1, 0.15) is 0 Å². The van der Waals surface area contributed by atoms with Crippen molar-refractivity contribution in [1.29, 1.82) is 0 Å². The van der Waals surface area contributed by atoms with E-state index >= 15 is 0 Å². The predicted octanol–water partition coefficient (Wildman–Crippen LogP) is 4.13. The maximum absolute atomic E-state index is 13.3. The molecule has 6 heteroatoms. The van der Waals surface area contributed by atoms with E-state index in [0.717, 1.165) is 49.9 Å². The Labute approximate surface area is 152 Å². The van der Waals surface area contributed by atoms with Crippen LogP contribution in [0.4, 0.5) is 8.78 Å². The summed E-state index contributed by atoms with van der Waals surface area (Å²) in [6.45, 7) is 3.54. The number of hydrogen-bond donors (Lipinski definition) is 1. The van der Waals surface area contributed by atoms with E-state index in [2.05, 4.69) is 17.1 Å². The van der Waals surface area contributed by atoms with Crippen molar-refractivity contribution in [2.45, 2.75) is 45.4 Å². The molecule has 0 saturated carbocycles. The van der Waals surface area contributed by atoms with Gasteiger partial charge in [-0.2, -0.15) is 5.10 Å². The zero-order chi connectivity index (χ0) is 18.5. The summed E-state index contributed by atoms with van der Waals surface area (Å²) in [6, 6.07) is 4.08. The normalized spacial score (nSPS) is 17.5. The number of nitrogens with one attached hydrogen (secondary N) is 1. The Hall–Kier alpha value is -2.24. The van der Waals surface area contributed by atoms with Crippen molar-refractivity contribution >= 4 is 5.91 Å². The van der Waals surface area contributed by atoms with Crippen LogP contribution in [-0.4, -0.2) is 34.1 Å². The molecule has 1 amide bonds. The van der Waals surface area contributed by atoms with E-state index < -0.39 is 11.6 Å². The van der Waals surface area contributed by atoms with Gasteiger partial charge in [0.15, 0.2) is 11.6 Å². The number of amides is 1. The number of aryl methyl sites for hydroxylation is 2. The van der Waals surface area contributed by atoms with Gasteiger partial charge in [-0.15, -0.1) is 0 Å². The minimum Gasteiger partial charge on any atom is -0.338 e. The topological polar surface area (TPSA) is 49.0 Å². The number of carbonyl (C=O) groups is 1. The predicted molar refractivity (Wildman–Crippen MR) is 95.9 cm³/mol. The Kier molecular flexibility index (Phi) is 6.01. The maximum atomic E-state index is 13.3. The van der Waals surface area contributed by atoms with Crippen molar-refractivity contribution in [3.63, 3.8) is 0 Å². The molecule has 1 aliphatic heterocycles. The monoisotopic (exact) mass is 361 g/mol. The second-order valence-corrected chi connectivity index (χ2v) is 7.06. The third kappa shape index (κ3) is 4.29. The lowest BCUT2D eigenvalue weighted by molar-refractivity contribution is 0.0667. The second kappa shape index (κ2) is 8.43. The van der Waals surface area contributed by atoms with E-state index in [1.807, 2.05) is 4.90 Å². The first kappa shape index (κ1) is 18.5. The highest BCUT2D eigenvalue weighted by molar-refractivity contribution is 5.95. The smallest absolute Gasteiger partial charge is 0.257 e. The SMILES string of the molecule is CCCc1[nH]ncc1C(=O)N1CCC[C@H](CCc2ccc(F)c(F)c2)C1. The Balaban J connectivity index is 1.59. The molecule has 1 N–H and O–H groups in total. The molecule has 26 heavy (non-hydrogen) atoms. The summed E-state index contributed by atoms with van der Waals surface area (Å²) in [5.74, 6) is -1.19. The molecule has 0 radical (unpaired) electrons. The third-order valence-electron chi connectivity index (χ3n) is 5.08. The van der Waals surface area contributed by atoms with E-state index in [-0.39, 0.29) is 5.91 Å². The number of hydrogen-bond acceptors (Lipinski definition) is 2. The fraction of sp³-hybridized carbons (Fsp3) is 0.500. The van der Waals surface area contributed by atoms with E-state index in [4.69, 9.17) is 0 Å². The van der Waals surface area contributed by atoms with Crippen LogP contribution >= 0.6 is 0 Å². The highest BCUT2D eigenvalue weighted by Gasteiger charge is 2.26. The Morgan fingerprint density at radius 2 is 2.15 bits per heavy atom. The van der Waals surface area contributed by atoms with Gasteiger partial charge in [-0.1, -0.05) is 19.4 Å². The summed E-state index contributed by atoms with van der Waals surface area (Å²) >= 11 is 0. The first-order valence-corrected chi connectivity index (χ1v) is 9.34. The molecule has 1 aromatic heterocycles. The molecule has 4 nitrogen and oxygen atoms in total. The van der Waals surface area contributed by atoms with Crippen LogP contribution in [0.25, 0.3) is 0 Å². The van der Waals surface area contributed by atoms with Gasteiger partial charge in [-0.3, -0.25) is 9.89 Å². The largest absolute Gasteiger partial charge is 0.338 e. The molecule has 1 aliphatic rings. The number of aromatic nitrogens is 2. The summed E-state index contributed by atoms with van der Waals surface area (Å²) in [5, 5.41) is 6.96. The summed E-state index contributed by atoms with van der Waals surface area (Å²) < 4.78 is 26.4. The minimum absolute atomic E-state index is 0.0414. The maximum Gasteiger partial charge on any atom is 0.257 e. The number of rotatable bonds is 6. The van der Waals surface area contributed by atoms with Crippen molar-refractivity contribution in [3.05, 3.63) is 52.9 Å². The van der Waals surface area contributed by atoms with E-state index in [1.165, 1.54) is 12.1 Å². The number of likely N-dealkylation sites (tertiary alicyclic amines) is 1. The van der Waals surface area contributed by atoms with Crippen LogP contribution in [0, 0.1) is 17.6 Å². The molecule has 140 valence electrons. The molecule has 0 aliphatic carbocycles. The zero-order valence-electron chi connectivity index (χ0n) is 15.1. The molecule has 1 atom stereocenters. The summed E-state index contributed by atoms with van der Waals surface area (Å²) in [6.07, 6.45) is 6.97. The molecule has 1 saturated heterocycles. The van der Waals surface area contributed by atoms with Gasteiger partial charge in [0.05, 0.1) is 11.8 Å². The molecule has 0 spiro atoms. The molecule has 1 aromatic carbocycles. The Bertz CT molecular complexity index is 759. The van der Waals surface area contributed by atoms with Gasteiger partial charge < -0.3 is 4.90 Å². The molecule has 3 rings (SSSR count). The quantitative estimate of drug-likeness (QED) is 0.841. The van der Waals surface area contributed by atoms with Gasteiger partial charge in [-0.25, -0.2) is 8.78 Å². The van der Waals surface area contributed by atoms with Crippen molar-refractivity contribution in [2.75, 3.05) is 13.1 Å². The standard InChI is InChI=1S/C20H25F2N3O/c1-2-4-19-16(12-23-24-19)20(26)25-10-3-5-15(13-25)7-6-14-8-9-17(21)18(22)11-14/h8-9,11-12,15H,2-7,10,13H2,1H3,(H,23,24)/t15-/m1/s1. The van der Waals surface area contributed by atoms with Gasteiger partial charge in [0.25, 0.3) is 5.91 Å². The van der Waals surface area contributed by atoms with Gasteiger partial charge in [0, 0.05) is 18.8 Å². The molecule has 0 bridgehead atoms. The van der Waals surface area contributed by atoms with E-state index in [9.17, 15) is 13.6 Å². The number of benzene rings is 1. The minimum atomic E-state index is -0.814. The molecule has 2 heterocycles. The van der Waals surface area contributed by atoms with Crippen LogP contribution in [0.2, 0.25) is 0 Å². The van der Waals surface area contributed by atoms with Crippen LogP contribution in [0.15, 0.2) is 24.4 Å². The van der Waals surface area contributed by atoms with Crippen molar-refractivity contribution in [2.24, 2.45) is 5.92 Å². The lowest BCUT2D eigenvalue weighted by Crippen LogP contribution is -2.40. The van der Waals surface area contributed by atoms with E-state index in [0.29, 0.717) is 24.4 Å². The second-order valence-electron chi connectivity index (χ2n) is 7.06. The number of H-pyrrole nitrogens is 1. The van der Waals surface area contributed by atoms with Crippen LogP contribution in [0.3, 0.4) is 0 Å². The number of carbonyl (C=O) groups excluding carboxylic acids is 1. The molecule has 1 fully saturated rings. The zero-order valence-corrected chi connectivity index (χ0v) is 15.1. The highest BCUT2D eigenvalue weighted by atomic mass is 19.2. The molecule has 0 unspecified atom stereocenters. The summed E-state index contributed by atoms with van der Waals surface area (Å²) in [7, 11) is 0. The third-order valence-corrected chi connectivity index (χ3v) is 5.08. The fourth-order valence-electron chi connectivity index (χ4n) is 3.66. The Morgan fingerprint density at radius 3 is 2.92 bits per heavy atom. The lowest BCUT2D eigenvalue weighted by Gasteiger charge is -2.33. The van der Waals surface area contributed by atoms with Crippen LogP contribution in [0.5, 0.6) is 0 Å². The number of aromatic amines is 1. The first-order valence-electron chi connectivity index (χ1n) is 9.34. The molecule has 2 aromatic rings. The average molecular weight is 361 g/mol. The van der Waals surface area contributed by atoms with Gasteiger partial charge >= 0.3 is 0 Å². The lowest BCUT2D eigenvalue weighted by atomic mass is 9.91. The van der Waals surface area contributed by atoms with Gasteiger partial charge in [0.2, 0.25) is 0 Å². The highest BCUT2D eigenvalue weighted by Crippen LogP contribution is 2.24. The average Bonchev–Trinajstić information content (AvgIpc) is 3.11. The van der Waals surface area contributed by atoms with Crippen molar-refractivity contribution < 1.29 is 13.6 Å². The summed E-state index contributed by atoms with van der Waals surface area (Å²) in [4.78, 5) is 14.7. The van der Waals surface area contributed by atoms with Crippen molar-refractivity contribution in [3.8, 4) is 0 Å². The van der Waals surface area contributed by atoms with Gasteiger partial charge in [-0.05, 0) is 55.7 Å². The number of piperidine rings is 1. The molecular formula is C20H25F2N3O. The fourth-order valence-corrected chi connectivity index (χ4v) is 3.66. The Morgan fingerprint density at radius 1 is 1.31 bits per heavy atom. The van der Waals surface area contributed by atoms with Crippen LogP contribution in [-0.2, 0) is 12.8 Å². The molecular weight excluding hydrogens is 336 g/mol. The number of nitrogens with zero attached hydrogens (tertiary/aromatic N) is 2. The number of halogens is 2. The van der Waals surface area contributed by atoms with Crippen LogP contribution < -0.4 is 0 Å².